The molecule has 0 aliphatic rings. The van der Waals surface area contributed by atoms with Crippen molar-refractivity contribution in [1.82, 2.24) is 9.38 Å². The molecule has 0 radical (unpaired) electrons. The predicted octanol–water partition coefficient (Wildman–Crippen LogP) is 3.30. The molecule has 0 atom stereocenters. The van der Waals surface area contributed by atoms with Gasteiger partial charge in [-0.25, -0.2) is 9.78 Å². The van der Waals surface area contributed by atoms with E-state index in [4.69, 9.17) is 4.74 Å². The van der Waals surface area contributed by atoms with Crippen LogP contribution in [0, 0.1) is 3.57 Å². The van der Waals surface area contributed by atoms with E-state index in [0.29, 0.717) is 5.56 Å². The van der Waals surface area contributed by atoms with Crippen molar-refractivity contribution in [3.05, 3.63) is 69.7 Å². The van der Waals surface area contributed by atoms with Crippen molar-refractivity contribution in [2.24, 2.45) is 0 Å². The number of carbonyl (C=O) groups is 1. The average Bonchev–Trinajstić information content (AvgIpc) is 2.87. The molecule has 5 heteroatoms. The Labute approximate surface area is 129 Å². The highest BCUT2D eigenvalue weighted by atomic mass is 127. The Hall–Kier alpha value is -1.89. The van der Waals surface area contributed by atoms with Crippen LogP contribution >= 0.6 is 22.6 Å². The van der Waals surface area contributed by atoms with Crippen molar-refractivity contribution in [3.63, 3.8) is 0 Å². The van der Waals surface area contributed by atoms with E-state index in [1.165, 1.54) is 0 Å². The van der Waals surface area contributed by atoms with Gasteiger partial charge in [0.2, 0.25) is 0 Å². The van der Waals surface area contributed by atoms with Crippen LogP contribution in [0.2, 0.25) is 0 Å². The van der Waals surface area contributed by atoms with E-state index in [0.717, 1.165) is 14.9 Å². The third-order valence-corrected chi connectivity index (χ3v) is 3.50. The lowest BCUT2D eigenvalue weighted by atomic mass is 10.2. The Morgan fingerprint density at radius 1 is 1.25 bits per heavy atom. The van der Waals surface area contributed by atoms with Crippen LogP contribution in [0.3, 0.4) is 0 Å². The molecule has 0 saturated heterocycles. The van der Waals surface area contributed by atoms with Crippen molar-refractivity contribution in [3.8, 4) is 0 Å². The van der Waals surface area contributed by atoms with Gasteiger partial charge in [-0.3, -0.25) is 0 Å². The number of carbonyl (C=O) groups excluding carboxylic acids is 1. The van der Waals surface area contributed by atoms with E-state index in [-0.39, 0.29) is 12.6 Å². The molecule has 0 N–H and O–H groups in total. The summed E-state index contributed by atoms with van der Waals surface area (Å²) >= 11 is 2.16. The lowest BCUT2D eigenvalue weighted by molar-refractivity contribution is 0.0468. The molecule has 1 aromatic carbocycles. The standard InChI is InChI=1S/C15H11IN2O2/c16-12-5-3-4-11(8-12)15(19)20-10-13-9-18-7-2-1-6-14(18)17-13/h1-9H,10H2. The number of benzene rings is 1. The number of nitrogens with zero attached hydrogens (tertiary/aromatic N) is 2. The van der Waals surface area contributed by atoms with E-state index in [2.05, 4.69) is 27.6 Å². The first kappa shape index (κ1) is 13.1. The van der Waals surface area contributed by atoms with Gasteiger partial charge in [-0.1, -0.05) is 12.1 Å². The summed E-state index contributed by atoms with van der Waals surface area (Å²) in [6.07, 6.45) is 3.77. The summed E-state index contributed by atoms with van der Waals surface area (Å²) in [4.78, 5) is 16.3. The number of hydrogen-bond acceptors (Lipinski definition) is 3. The van der Waals surface area contributed by atoms with Gasteiger partial charge in [-0.05, 0) is 52.9 Å². The Morgan fingerprint density at radius 2 is 2.15 bits per heavy atom. The average molecular weight is 378 g/mol. The molecule has 0 bridgehead atoms. The van der Waals surface area contributed by atoms with Gasteiger partial charge in [0.25, 0.3) is 0 Å². The quantitative estimate of drug-likeness (QED) is 0.519. The Bertz CT molecular complexity index is 734. The maximum absolute atomic E-state index is 11.9. The molecule has 0 amide bonds. The van der Waals surface area contributed by atoms with Crippen molar-refractivity contribution in [2.75, 3.05) is 0 Å². The van der Waals surface area contributed by atoms with Gasteiger partial charge >= 0.3 is 5.97 Å². The van der Waals surface area contributed by atoms with Gasteiger partial charge in [0.1, 0.15) is 12.3 Å². The topological polar surface area (TPSA) is 43.6 Å². The van der Waals surface area contributed by atoms with Gasteiger partial charge in [-0.15, -0.1) is 0 Å². The van der Waals surface area contributed by atoms with Crippen LogP contribution in [0.4, 0.5) is 0 Å². The summed E-state index contributed by atoms with van der Waals surface area (Å²) < 4.78 is 8.18. The maximum Gasteiger partial charge on any atom is 0.338 e. The summed E-state index contributed by atoms with van der Waals surface area (Å²) in [6.45, 7) is 0.173. The highest BCUT2D eigenvalue weighted by Crippen LogP contribution is 2.11. The fourth-order valence-corrected chi connectivity index (χ4v) is 2.44. The van der Waals surface area contributed by atoms with Crippen LogP contribution in [0.25, 0.3) is 5.65 Å². The van der Waals surface area contributed by atoms with Gasteiger partial charge in [0, 0.05) is 16.0 Å². The number of halogens is 1. The molecule has 0 saturated carbocycles. The molecule has 100 valence electrons. The molecule has 0 fully saturated rings. The van der Waals surface area contributed by atoms with E-state index < -0.39 is 0 Å². The molecule has 0 aliphatic carbocycles. The zero-order valence-electron chi connectivity index (χ0n) is 10.5. The second-order valence-electron chi connectivity index (χ2n) is 4.28. The molecule has 3 rings (SSSR count). The minimum absolute atomic E-state index is 0.173. The number of hydrogen-bond donors (Lipinski definition) is 0. The monoisotopic (exact) mass is 378 g/mol. The smallest absolute Gasteiger partial charge is 0.338 e. The first-order chi connectivity index (χ1) is 9.72. The van der Waals surface area contributed by atoms with Crippen molar-refractivity contribution >= 4 is 34.2 Å². The van der Waals surface area contributed by atoms with E-state index in [1.807, 2.05) is 47.1 Å². The van der Waals surface area contributed by atoms with E-state index in [9.17, 15) is 4.79 Å². The summed E-state index contributed by atoms with van der Waals surface area (Å²) in [5.74, 6) is -0.333. The van der Waals surface area contributed by atoms with Crippen molar-refractivity contribution < 1.29 is 9.53 Å². The molecule has 2 aromatic heterocycles. The van der Waals surface area contributed by atoms with Crippen molar-refractivity contribution in [1.29, 1.82) is 0 Å². The first-order valence-electron chi connectivity index (χ1n) is 6.08. The lowest BCUT2D eigenvalue weighted by Crippen LogP contribution is -2.05. The Kier molecular flexibility index (Phi) is 3.68. The number of fused-ring (bicyclic) bond motifs is 1. The summed E-state index contributed by atoms with van der Waals surface area (Å²) in [5, 5.41) is 0. The van der Waals surface area contributed by atoms with Gasteiger partial charge < -0.3 is 9.14 Å². The molecule has 3 aromatic rings. The third kappa shape index (κ3) is 2.82. The Balaban J connectivity index is 1.71. The van der Waals surface area contributed by atoms with Crippen LogP contribution in [0.5, 0.6) is 0 Å². The largest absolute Gasteiger partial charge is 0.456 e. The molecular formula is C15H11IN2O2. The normalized spacial score (nSPS) is 10.7. The lowest BCUT2D eigenvalue weighted by Gasteiger charge is -2.02. The van der Waals surface area contributed by atoms with Crippen molar-refractivity contribution in [2.45, 2.75) is 6.61 Å². The fourth-order valence-electron chi connectivity index (χ4n) is 1.90. The number of esters is 1. The highest BCUT2D eigenvalue weighted by Gasteiger charge is 2.09. The fraction of sp³-hybridized carbons (Fsp3) is 0.0667. The van der Waals surface area contributed by atoms with Gasteiger partial charge in [0.05, 0.1) is 11.3 Å². The van der Waals surface area contributed by atoms with Crippen LogP contribution in [0.15, 0.2) is 54.9 Å². The van der Waals surface area contributed by atoms with Crippen LogP contribution < -0.4 is 0 Å². The predicted molar refractivity (Wildman–Crippen MR) is 83.5 cm³/mol. The summed E-state index contributed by atoms with van der Waals surface area (Å²) in [5.41, 5.74) is 2.13. The summed E-state index contributed by atoms with van der Waals surface area (Å²) in [7, 11) is 0. The highest BCUT2D eigenvalue weighted by molar-refractivity contribution is 14.1. The van der Waals surface area contributed by atoms with Gasteiger partial charge in [-0.2, -0.15) is 0 Å². The zero-order chi connectivity index (χ0) is 13.9. The Morgan fingerprint density at radius 3 is 2.95 bits per heavy atom. The van der Waals surface area contributed by atoms with Crippen LogP contribution in [-0.2, 0) is 11.3 Å². The van der Waals surface area contributed by atoms with Gasteiger partial charge in [0.15, 0.2) is 0 Å². The number of pyridine rings is 1. The summed E-state index contributed by atoms with van der Waals surface area (Å²) in [6, 6.07) is 13.1. The molecule has 20 heavy (non-hydrogen) atoms. The van der Waals surface area contributed by atoms with Crippen LogP contribution in [-0.4, -0.2) is 15.4 Å². The number of ether oxygens (including phenoxy) is 1. The minimum atomic E-state index is -0.333. The van der Waals surface area contributed by atoms with E-state index in [1.54, 1.807) is 12.1 Å². The first-order valence-corrected chi connectivity index (χ1v) is 7.15. The van der Waals surface area contributed by atoms with Crippen LogP contribution in [0.1, 0.15) is 16.1 Å². The maximum atomic E-state index is 11.9. The molecule has 0 unspecified atom stereocenters. The molecule has 0 aliphatic heterocycles. The molecular weight excluding hydrogens is 367 g/mol. The number of rotatable bonds is 3. The third-order valence-electron chi connectivity index (χ3n) is 2.83. The SMILES string of the molecule is O=C(OCc1cn2ccccc2n1)c1cccc(I)c1. The zero-order valence-corrected chi connectivity index (χ0v) is 12.6. The molecule has 2 heterocycles. The second-order valence-corrected chi connectivity index (χ2v) is 5.53. The molecule has 4 nitrogen and oxygen atoms in total. The molecule has 0 spiro atoms. The minimum Gasteiger partial charge on any atom is -0.456 e. The second kappa shape index (κ2) is 5.62. The number of aromatic nitrogens is 2. The number of imidazole rings is 1. The van der Waals surface area contributed by atoms with E-state index >= 15 is 0 Å².